The Morgan fingerprint density at radius 2 is 1.81 bits per heavy atom. The number of halogens is 3. The van der Waals surface area contributed by atoms with Crippen molar-refractivity contribution < 1.29 is 17.6 Å². The highest BCUT2D eigenvalue weighted by Crippen LogP contribution is 2.39. The first-order valence-corrected chi connectivity index (χ1v) is 11.1. The molecule has 0 fully saturated rings. The summed E-state index contributed by atoms with van der Waals surface area (Å²) in [5, 5.41) is 8.09. The molecule has 2 aromatic rings. The second-order valence-electron chi connectivity index (χ2n) is 7.72. The lowest BCUT2D eigenvalue weighted by Gasteiger charge is -2.38. The summed E-state index contributed by atoms with van der Waals surface area (Å²) in [4.78, 5) is 4.63. The Kier molecular flexibility index (Phi) is 5.21. The van der Waals surface area contributed by atoms with Crippen LogP contribution in [-0.2, 0) is 10.6 Å². The highest BCUT2D eigenvalue weighted by molar-refractivity contribution is 6.74. The van der Waals surface area contributed by atoms with Crippen molar-refractivity contribution in [2.75, 3.05) is 5.73 Å². The van der Waals surface area contributed by atoms with Gasteiger partial charge >= 0.3 is 6.18 Å². The molecule has 0 unspecified atom stereocenters. The molecular formula is C16H24F3N5OSi. The fourth-order valence-electron chi connectivity index (χ4n) is 2.08. The number of hydrogen-bond acceptors (Lipinski definition) is 5. The van der Waals surface area contributed by atoms with E-state index in [4.69, 9.17) is 10.2 Å². The number of alkyl halides is 3. The van der Waals surface area contributed by atoms with E-state index in [1.807, 2.05) is 6.92 Å². The quantitative estimate of drug-likeness (QED) is 0.789. The van der Waals surface area contributed by atoms with Crippen molar-refractivity contribution >= 4 is 14.0 Å². The number of nitrogens with zero attached hydrogens (tertiary/aromatic N) is 4. The van der Waals surface area contributed by atoms with Crippen molar-refractivity contribution in [1.82, 2.24) is 20.0 Å². The second-order valence-corrected chi connectivity index (χ2v) is 12.5. The van der Waals surface area contributed by atoms with Gasteiger partial charge in [0.05, 0.1) is 24.2 Å². The van der Waals surface area contributed by atoms with Gasteiger partial charge in [-0.05, 0) is 31.1 Å². The molecule has 10 heteroatoms. The average Bonchev–Trinajstić information content (AvgIpc) is 2.94. The Morgan fingerprint density at radius 1 is 1.19 bits per heavy atom. The van der Waals surface area contributed by atoms with Gasteiger partial charge in [0.15, 0.2) is 14.1 Å². The predicted octanol–water partition coefficient (Wildman–Crippen LogP) is 4.35. The van der Waals surface area contributed by atoms with Crippen molar-refractivity contribution in [2.24, 2.45) is 0 Å². The van der Waals surface area contributed by atoms with Gasteiger partial charge in [-0.15, -0.1) is 9.90 Å². The molecule has 0 aliphatic heterocycles. The van der Waals surface area contributed by atoms with Crippen LogP contribution < -0.4 is 5.73 Å². The molecule has 1 atom stereocenters. The van der Waals surface area contributed by atoms with E-state index in [2.05, 4.69) is 49.0 Å². The maximum Gasteiger partial charge on any atom is 0.420 e. The largest absolute Gasteiger partial charge is 0.420 e. The van der Waals surface area contributed by atoms with Gasteiger partial charge in [0.25, 0.3) is 0 Å². The van der Waals surface area contributed by atoms with Crippen molar-refractivity contribution in [2.45, 2.75) is 58.1 Å². The zero-order valence-corrected chi connectivity index (χ0v) is 16.7. The lowest BCUT2D eigenvalue weighted by Crippen LogP contribution is -2.41. The number of nitrogen functional groups attached to an aromatic ring is 1. The highest BCUT2D eigenvalue weighted by atomic mass is 28.4. The Labute approximate surface area is 151 Å². The molecule has 0 radical (unpaired) electrons. The van der Waals surface area contributed by atoms with Gasteiger partial charge in [-0.2, -0.15) is 18.3 Å². The first-order chi connectivity index (χ1) is 11.7. The summed E-state index contributed by atoms with van der Waals surface area (Å²) in [5.41, 5.74) is 4.81. The number of rotatable bonds is 4. The third-order valence-electron chi connectivity index (χ3n) is 4.59. The van der Waals surface area contributed by atoms with Crippen molar-refractivity contribution in [3.8, 4) is 5.82 Å². The minimum absolute atomic E-state index is 0.000773. The smallest absolute Gasteiger partial charge is 0.409 e. The summed E-state index contributed by atoms with van der Waals surface area (Å²) in [6.07, 6.45) is -2.47. The van der Waals surface area contributed by atoms with Gasteiger partial charge < -0.3 is 10.2 Å². The van der Waals surface area contributed by atoms with Gasteiger partial charge in [0.1, 0.15) is 11.3 Å². The zero-order valence-electron chi connectivity index (χ0n) is 15.7. The number of pyridine rings is 1. The van der Waals surface area contributed by atoms with Crippen LogP contribution in [0.1, 0.15) is 45.1 Å². The first kappa shape index (κ1) is 20.4. The fraction of sp³-hybridized carbons (Fsp3) is 0.562. The Bertz CT molecular complexity index is 783. The highest BCUT2D eigenvalue weighted by Gasteiger charge is 2.39. The van der Waals surface area contributed by atoms with Crippen molar-refractivity contribution in [1.29, 1.82) is 0 Å². The van der Waals surface area contributed by atoms with E-state index in [9.17, 15) is 13.2 Å². The van der Waals surface area contributed by atoms with Gasteiger partial charge in [-0.25, -0.2) is 4.98 Å². The SMILES string of the molecule is C[C@H](O[Si](C)(C)C(C)(C)C)c1cnn(-c2ncc(N)cc2C(F)(F)F)n1. The standard InChI is InChI=1S/C16H24F3N5OSi/c1-10(25-26(5,6)15(2,3)4)13-9-22-24(23-13)14-12(16(17,18)19)7-11(20)8-21-14/h7-10H,20H2,1-6H3/t10-/m0/s1. The lowest BCUT2D eigenvalue weighted by atomic mass is 10.2. The topological polar surface area (TPSA) is 78.8 Å². The van der Waals surface area contributed by atoms with Crippen LogP contribution in [0.4, 0.5) is 18.9 Å². The van der Waals surface area contributed by atoms with Crippen LogP contribution in [-0.4, -0.2) is 28.3 Å². The van der Waals surface area contributed by atoms with Crippen LogP contribution in [0, 0.1) is 0 Å². The van der Waals surface area contributed by atoms with Crippen LogP contribution in [0.5, 0.6) is 0 Å². The molecular weight excluding hydrogens is 363 g/mol. The maximum atomic E-state index is 13.2. The minimum Gasteiger partial charge on any atom is -0.409 e. The fourth-order valence-corrected chi connectivity index (χ4v) is 3.44. The third-order valence-corrected chi connectivity index (χ3v) is 9.14. The molecule has 144 valence electrons. The molecule has 0 aromatic carbocycles. The van der Waals surface area contributed by atoms with E-state index in [1.54, 1.807) is 0 Å². The summed E-state index contributed by atoms with van der Waals surface area (Å²) in [6, 6.07) is 0.820. The molecule has 0 saturated heterocycles. The molecule has 0 amide bonds. The van der Waals surface area contributed by atoms with E-state index in [0.717, 1.165) is 17.1 Å². The number of aromatic nitrogens is 4. The molecule has 0 bridgehead atoms. The summed E-state index contributed by atoms with van der Waals surface area (Å²) in [6.45, 7) is 12.3. The third kappa shape index (κ3) is 4.23. The van der Waals surface area contributed by atoms with E-state index in [0.29, 0.717) is 5.69 Å². The van der Waals surface area contributed by atoms with E-state index in [-0.39, 0.29) is 10.7 Å². The molecule has 2 heterocycles. The van der Waals surface area contributed by atoms with Gasteiger partial charge in [0, 0.05) is 0 Å². The molecule has 0 aliphatic carbocycles. The Hall–Kier alpha value is -1.94. The number of nitrogens with two attached hydrogens (primary N) is 1. The van der Waals surface area contributed by atoms with E-state index in [1.165, 1.54) is 6.20 Å². The minimum atomic E-state index is -4.62. The molecule has 0 saturated carbocycles. The van der Waals surface area contributed by atoms with Crippen molar-refractivity contribution in [3.05, 3.63) is 29.7 Å². The second kappa shape index (κ2) is 6.65. The first-order valence-electron chi connectivity index (χ1n) is 8.15. The van der Waals surface area contributed by atoms with Crippen LogP contribution in [0.25, 0.3) is 5.82 Å². The molecule has 2 aromatic heterocycles. The summed E-state index contributed by atoms with van der Waals surface area (Å²) >= 11 is 0. The number of hydrogen-bond donors (Lipinski definition) is 1. The van der Waals surface area contributed by atoms with Crippen LogP contribution in [0.15, 0.2) is 18.5 Å². The van der Waals surface area contributed by atoms with E-state index >= 15 is 0 Å². The number of anilines is 1. The zero-order chi connectivity index (χ0) is 19.9. The van der Waals surface area contributed by atoms with Crippen LogP contribution in [0.2, 0.25) is 18.1 Å². The van der Waals surface area contributed by atoms with Crippen LogP contribution in [0.3, 0.4) is 0 Å². The summed E-state index contributed by atoms with van der Waals surface area (Å²) < 4.78 is 46.0. The molecule has 0 aliphatic rings. The van der Waals surface area contributed by atoms with Gasteiger partial charge in [0.2, 0.25) is 0 Å². The summed E-state index contributed by atoms with van der Waals surface area (Å²) in [5.74, 6) is -0.419. The monoisotopic (exact) mass is 387 g/mol. The molecule has 6 nitrogen and oxygen atoms in total. The maximum absolute atomic E-state index is 13.2. The Balaban J connectivity index is 2.34. The van der Waals surface area contributed by atoms with Crippen molar-refractivity contribution in [3.63, 3.8) is 0 Å². The van der Waals surface area contributed by atoms with Gasteiger partial charge in [-0.3, -0.25) is 0 Å². The predicted molar refractivity (Wildman–Crippen MR) is 95.3 cm³/mol. The lowest BCUT2D eigenvalue weighted by molar-refractivity contribution is -0.137. The molecule has 2 rings (SSSR count). The molecule has 0 spiro atoms. The summed E-state index contributed by atoms with van der Waals surface area (Å²) in [7, 11) is -2.06. The molecule has 2 N–H and O–H groups in total. The average molecular weight is 387 g/mol. The molecule has 26 heavy (non-hydrogen) atoms. The van der Waals surface area contributed by atoms with Crippen LogP contribution >= 0.6 is 0 Å². The normalized spacial score (nSPS) is 14.5. The van der Waals surface area contributed by atoms with E-state index < -0.39 is 32.0 Å². The van der Waals surface area contributed by atoms with Gasteiger partial charge in [-0.1, -0.05) is 20.8 Å². The Morgan fingerprint density at radius 3 is 2.35 bits per heavy atom.